The minimum atomic E-state index is -3.91. The van der Waals surface area contributed by atoms with Crippen LogP contribution in [0.2, 0.25) is 0 Å². The molecule has 1 saturated heterocycles. The molecule has 1 aliphatic rings. The van der Waals surface area contributed by atoms with Gasteiger partial charge in [-0.05, 0) is 37.1 Å². The highest BCUT2D eigenvalue weighted by molar-refractivity contribution is 7.89. The third-order valence-electron chi connectivity index (χ3n) is 4.36. The molecule has 0 radical (unpaired) electrons. The fourth-order valence-corrected chi connectivity index (χ4v) is 4.67. The fraction of sp³-hybridized carbons (Fsp3) is 0.389. The van der Waals surface area contributed by atoms with Crippen LogP contribution in [0.3, 0.4) is 0 Å². The zero-order valence-electron chi connectivity index (χ0n) is 15.6. The molecule has 150 valence electrons. The van der Waals surface area contributed by atoms with Crippen LogP contribution < -0.4 is 9.47 Å². The Labute approximate surface area is 163 Å². The highest BCUT2D eigenvalue weighted by atomic mass is 32.2. The van der Waals surface area contributed by atoms with Gasteiger partial charge in [0.15, 0.2) is 0 Å². The maximum atomic E-state index is 13.2. The highest BCUT2D eigenvalue weighted by Crippen LogP contribution is 2.30. The molecule has 1 aromatic heterocycles. The summed E-state index contributed by atoms with van der Waals surface area (Å²) < 4.78 is 43.4. The van der Waals surface area contributed by atoms with Crippen molar-refractivity contribution in [1.82, 2.24) is 14.3 Å². The number of hydrogen-bond acceptors (Lipinski definition) is 8. The van der Waals surface area contributed by atoms with E-state index in [9.17, 15) is 13.2 Å². The summed E-state index contributed by atoms with van der Waals surface area (Å²) in [6.45, 7) is 0.482. The van der Waals surface area contributed by atoms with Gasteiger partial charge in [-0.2, -0.15) is 4.31 Å². The third-order valence-corrected chi connectivity index (χ3v) is 6.24. The Kier molecular flexibility index (Phi) is 6.10. The van der Waals surface area contributed by atoms with Crippen LogP contribution in [-0.2, 0) is 14.8 Å². The molecule has 0 N–H and O–H groups in total. The van der Waals surface area contributed by atoms with Crippen LogP contribution in [0.15, 0.2) is 41.6 Å². The van der Waals surface area contributed by atoms with Crippen molar-refractivity contribution < 1.29 is 27.4 Å². The number of aromatic nitrogens is 2. The second kappa shape index (κ2) is 8.53. The number of piperidine rings is 1. The van der Waals surface area contributed by atoms with Gasteiger partial charge in [0.25, 0.3) is 0 Å². The van der Waals surface area contributed by atoms with E-state index in [1.807, 2.05) is 0 Å². The lowest BCUT2D eigenvalue weighted by atomic mass is 10.1. The van der Waals surface area contributed by atoms with E-state index in [4.69, 9.17) is 9.47 Å². The van der Waals surface area contributed by atoms with Gasteiger partial charge in [-0.3, -0.25) is 0 Å². The van der Waals surface area contributed by atoms with Crippen LogP contribution >= 0.6 is 0 Å². The first-order valence-corrected chi connectivity index (χ1v) is 10.1. The topological polar surface area (TPSA) is 108 Å². The number of esters is 1. The summed E-state index contributed by atoms with van der Waals surface area (Å²) >= 11 is 0. The largest absolute Gasteiger partial charge is 0.495 e. The van der Waals surface area contributed by atoms with Crippen molar-refractivity contribution in [2.24, 2.45) is 0 Å². The summed E-state index contributed by atoms with van der Waals surface area (Å²) in [5.74, 6) is -0.470. The van der Waals surface area contributed by atoms with Gasteiger partial charge in [0, 0.05) is 18.9 Å². The van der Waals surface area contributed by atoms with E-state index in [2.05, 4.69) is 14.7 Å². The highest BCUT2D eigenvalue weighted by Gasteiger charge is 2.34. The first-order chi connectivity index (χ1) is 13.5. The fourth-order valence-electron chi connectivity index (χ4n) is 2.98. The molecule has 1 atom stereocenters. The van der Waals surface area contributed by atoms with Crippen LogP contribution in [0.5, 0.6) is 11.8 Å². The van der Waals surface area contributed by atoms with E-state index >= 15 is 0 Å². The third kappa shape index (κ3) is 4.23. The normalized spacial score (nSPS) is 17.7. The summed E-state index contributed by atoms with van der Waals surface area (Å²) in [5.41, 5.74) is 0.129. The molecule has 1 aliphatic heterocycles. The maximum absolute atomic E-state index is 13.2. The zero-order chi connectivity index (χ0) is 20.1. The second-order valence-electron chi connectivity index (χ2n) is 6.13. The first-order valence-electron chi connectivity index (χ1n) is 8.66. The van der Waals surface area contributed by atoms with E-state index in [-0.39, 0.29) is 34.9 Å². The summed E-state index contributed by atoms with van der Waals surface area (Å²) in [4.78, 5) is 19.8. The first kappa shape index (κ1) is 20.0. The molecule has 0 bridgehead atoms. The molecule has 9 nitrogen and oxygen atoms in total. The SMILES string of the molecule is COC(=O)c1ccc(OC)c(S(=O)(=O)N2CCCC(Oc3ncccn3)C2)c1. The van der Waals surface area contributed by atoms with Crippen molar-refractivity contribution in [2.45, 2.75) is 23.8 Å². The Morgan fingerprint density at radius 2 is 1.96 bits per heavy atom. The van der Waals surface area contributed by atoms with Crippen molar-refractivity contribution in [2.75, 3.05) is 27.3 Å². The van der Waals surface area contributed by atoms with Gasteiger partial charge in [0.2, 0.25) is 10.0 Å². The van der Waals surface area contributed by atoms with Crippen molar-refractivity contribution in [3.05, 3.63) is 42.2 Å². The van der Waals surface area contributed by atoms with Crippen LogP contribution in [0.25, 0.3) is 0 Å². The van der Waals surface area contributed by atoms with Crippen molar-refractivity contribution in [3.63, 3.8) is 0 Å². The number of ether oxygens (including phenoxy) is 3. The number of benzene rings is 1. The lowest BCUT2D eigenvalue weighted by Crippen LogP contribution is -2.44. The molecule has 1 aromatic carbocycles. The van der Waals surface area contributed by atoms with Gasteiger partial charge in [-0.25, -0.2) is 23.2 Å². The average Bonchev–Trinajstić information content (AvgIpc) is 2.73. The second-order valence-corrected chi connectivity index (χ2v) is 8.04. The number of carbonyl (C=O) groups is 1. The van der Waals surface area contributed by atoms with Gasteiger partial charge in [-0.1, -0.05) is 0 Å². The van der Waals surface area contributed by atoms with Crippen molar-refractivity contribution in [3.8, 4) is 11.8 Å². The molecule has 1 unspecified atom stereocenters. The number of hydrogen-bond donors (Lipinski definition) is 0. The molecule has 2 aromatic rings. The van der Waals surface area contributed by atoms with Crippen LogP contribution in [0.1, 0.15) is 23.2 Å². The van der Waals surface area contributed by atoms with E-state index < -0.39 is 16.0 Å². The maximum Gasteiger partial charge on any atom is 0.337 e. The molecule has 0 spiro atoms. The molecule has 0 amide bonds. The zero-order valence-corrected chi connectivity index (χ0v) is 16.4. The smallest absolute Gasteiger partial charge is 0.337 e. The molecule has 0 aliphatic carbocycles. The van der Waals surface area contributed by atoms with E-state index in [1.54, 1.807) is 18.5 Å². The average molecular weight is 407 g/mol. The predicted octanol–water partition coefficient (Wildman–Crippen LogP) is 1.50. The predicted molar refractivity (Wildman–Crippen MR) is 98.8 cm³/mol. The van der Waals surface area contributed by atoms with Gasteiger partial charge in [0.1, 0.15) is 16.7 Å². The summed E-state index contributed by atoms with van der Waals surface area (Å²) in [7, 11) is -1.30. The molecule has 0 saturated carbocycles. The molecule has 28 heavy (non-hydrogen) atoms. The Morgan fingerprint density at radius 3 is 2.64 bits per heavy atom. The molecule has 3 rings (SSSR count). The molecular formula is C18H21N3O6S. The Morgan fingerprint density at radius 1 is 1.21 bits per heavy atom. The molecular weight excluding hydrogens is 386 g/mol. The monoisotopic (exact) mass is 407 g/mol. The molecule has 10 heteroatoms. The molecule has 2 heterocycles. The number of nitrogens with zero attached hydrogens (tertiary/aromatic N) is 3. The van der Waals surface area contributed by atoms with Gasteiger partial charge >= 0.3 is 12.0 Å². The van der Waals surface area contributed by atoms with Crippen LogP contribution in [0.4, 0.5) is 0 Å². The van der Waals surface area contributed by atoms with Crippen molar-refractivity contribution in [1.29, 1.82) is 0 Å². The Hall–Kier alpha value is -2.72. The summed E-state index contributed by atoms with van der Waals surface area (Å²) in [6, 6.07) is 6.04. The summed E-state index contributed by atoms with van der Waals surface area (Å²) in [5, 5.41) is 0. The molecule has 1 fully saturated rings. The standard InChI is InChI=1S/C18H21N3O6S/c1-25-15-7-6-13(17(22)26-2)11-16(15)28(23,24)21-10-3-5-14(12-21)27-18-19-8-4-9-20-18/h4,6-9,11,14H,3,5,10,12H2,1-2H3. The quantitative estimate of drug-likeness (QED) is 0.663. The van der Waals surface area contributed by atoms with Gasteiger partial charge in [-0.15, -0.1) is 0 Å². The lowest BCUT2D eigenvalue weighted by Gasteiger charge is -2.31. The number of methoxy groups -OCH3 is 2. The lowest BCUT2D eigenvalue weighted by molar-refractivity contribution is 0.0600. The van der Waals surface area contributed by atoms with E-state index in [1.165, 1.54) is 36.7 Å². The number of carbonyl (C=O) groups excluding carboxylic acids is 1. The van der Waals surface area contributed by atoms with Crippen molar-refractivity contribution >= 4 is 16.0 Å². The van der Waals surface area contributed by atoms with E-state index in [0.717, 1.165) is 0 Å². The summed E-state index contributed by atoms with van der Waals surface area (Å²) in [6.07, 6.45) is 4.05. The number of rotatable bonds is 6. The van der Waals surface area contributed by atoms with Crippen LogP contribution in [-0.4, -0.2) is 62.1 Å². The van der Waals surface area contributed by atoms with Gasteiger partial charge < -0.3 is 14.2 Å². The number of sulfonamides is 1. The van der Waals surface area contributed by atoms with Gasteiger partial charge in [0.05, 0.1) is 26.3 Å². The minimum absolute atomic E-state index is 0.0884. The van der Waals surface area contributed by atoms with Crippen LogP contribution in [0, 0.1) is 0 Å². The Balaban J connectivity index is 1.86. The minimum Gasteiger partial charge on any atom is -0.495 e. The van der Waals surface area contributed by atoms with E-state index in [0.29, 0.717) is 19.4 Å². The Bertz CT molecular complexity index is 936.